The van der Waals surface area contributed by atoms with E-state index >= 15 is 0 Å². The largest absolute Gasteiger partial charge is 0.329 e. The number of nitrogens with two attached hydrogens (primary N) is 1. The van der Waals surface area contributed by atoms with Gasteiger partial charge in [-0.15, -0.1) is 11.3 Å². The molecule has 3 heteroatoms. The van der Waals surface area contributed by atoms with Crippen molar-refractivity contribution in [3.63, 3.8) is 0 Å². The Morgan fingerprint density at radius 3 is 2.26 bits per heavy atom. The van der Waals surface area contributed by atoms with Crippen LogP contribution in [0, 0.1) is 11.8 Å². The molecule has 1 fully saturated rings. The van der Waals surface area contributed by atoms with Crippen LogP contribution in [0.5, 0.6) is 0 Å². The summed E-state index contributed by atoms with van der Waals surface area (Å²) in [6.45, 7) is 14.6. The normalized spacial score (nSPS) is 26.8. The highest BCUT2D eigenvalue weighted by molar-refractivity contribution is 7.12. The molecule has 1 saturated heterocycles. The van der Waals surface area contributed by atoms with Crippen LogP contribution in [0.4, 0.5) is 0 Å². The van der Waals surface area contributed by atoms with Crippen LogP contribution in [0.1, 0.15) is 50.4 Å². The first-order valence-electron chi connectivity index (χ1n) is 7.37. The van der Waals surface area contributed by atoms with Crippen molar-refractivity contribution in [3.05, 3.63) is 21.9 Å². The average molecular weight is 280 g/mol. The van der Waals surface area contributed by atoms with Gasteiger partial charge in [-0.1, -0.05) is 34.6 Å². The molecule has 2 N–H and O–H groups in total. The molecular weight excluding hydrogens is 252 g/mol. The predicted octanol–water partition coefficient (Wildman–Crippen LogP) is 3.63. The van der Waals surface area contributed by atoms with Gasteiger partial charge in [0, 0.05) is 29.4 Å². The molecular formula is C16H28N2S. The van der Waals surface area contributed by atoms with E-state index < -0.39 is 0 Å². The summed E-state index contributed by atoms with van der Waals surface area (Å²) in [7, 11) is 0. The molecule has 0 saturated carbocycles. The maximum Gasteiger partial charge on any atom is 0.0564 e. The molecule has 0 radical (unpaired) electrons. The molecule has 1 aromatic heterocycles. The van der Waals surface area contributed by atoms with Crippen molar-refractivity contribution in [1.29, 1.82) is 0 Å². The third-order valence-electron chi connectivity index (χ3n) is 4.37. The maximum atomic E-state index is 6.06. The van der Waals surface area contributed by atoms with Gasteiger partial charge in [0.2, 0.25) is 0 Å². The monoisotopic (exact) mass is 280 g/mol. The first-order valence-corrected chi connectivity index (χ1v) is 8.19. The zero-order valence-corrected chi connectivity index (χ0v) is 13.8. The van der Waals surface area contributed by atoms with Crippen LogP contribution < -0.4 is 5.73 Å². The number of nitrogens with zero attached hydrogens (tertiary/aromatic N) is 1. The second-order valence-electron chi connectivity index (χ2n) is 7.11. The van der Waals surface area contributed by atoms with E-state index in [9.17, 15) is 0 Å². The molecule has 108 valence electrons. The van der Waals surface area contributed by atoms with Crippen LogP contribution in [0.25, 0.3) is 0 Å². The van der Waals surface area contributed by atoms with Gasteiger partial charge in [0.1, 0.15) is 0 Å². The Balaban J connectivity index is 2.16. The summed E-state index contributed by atoms with van der Waals surface area (Å²) in [5.41, 5.74) is 6.30. The zero-order valence-electron chi connectivity index (χ0n) is 12.9. The SMILES string of the molecule is CC1CN(C(CN)c2ccc(C(C)(C)C)s2)CC1C. The Hall–Kier alpha value is -0.380. The number of likely N-dealkylation sites (tertiary alicyclic amines) is 1. The standard InChI is InChI=1S/C16H28N2S/c1-11-9-18(10-12(11)2)13(8-17)14-6-7-15(19-14)16(3,4)5/h6-7,11-13H,8-10,17H2,1-5H3. The molecule has 1 aliphatic heterocycles. The van der Waals surface area contributed by atoms with Gasteiger partial charge in [-0.25, -0.2) is 0 Å². The smallest absolute Gasteiger partial charge is 0.0564 e. The lowest BCUT2D eigenvalue weighted by Gasteiger charge is -2.26. The van der Waals surface area contributed by atoms with Crippen molar-refractivity contribution in [1.82, 2.24) is 4.90 Å². The lowest BCUT2D eigenvalue weighted by Crippen LogP contribution is -2.31. The summed E-state index contributed by atoms with van der Waals surface area (Å²) >= 11 is 1.94. The molecule has 0 aliphatic carbocycles. The highest BCUT2D eigenvalue weighted by atomic mass is 32.1. The highest BCUT2D eigenvalue weighted by Crippen LogP contribution is 2.36. The van der Waals surface area contributed by atoms with Crippen molar-refractivity contribution >= 4 is 11.3 Å². The van der Waals surface area contributed by atoms with E-state index in [1.165, 1.54) is 22.8 Å². The minimum Gasteiger partial charge on any atom is -0.329 e. The number of thiophene rings is 1. The van der Waals surface area contributed by atoms with E-state index in [1.807, 2.05) is 11.3 Å². The van der Waals surface area contributed by atoms with Gasteiger partial charge in [-0.05, 0) is 29.4 Å². The second-order valence-corrected chi connectivity index (χ2v) is 8.23. The van der Waals surface area contributed by atoms with Gasteiger partial charge in [-0.3, -0.25) is 4.90 Å². The minimum atomic E-state index is 0.244. The molecule has 3 unspecified atom stereocenters. The molecule has 0 bridgehead atoms. The third kappa shape index (κ3) is 3.21. The maximum absolute atomic E-state index is 6.06. The van der Waals surface area contributed by atoms with Gasteiger partial charge in [0.05, 0.1) is 6.04 Å². The first-order chi connectivity index (χ1) is 8.82. The summed E-state index contributed by atoms with van der Waals surface area (Å²) < 4.78 is 0. The number of hydrogen-bond donors (Lipinski definition) is 1. The van der Waals surface area contributed by atoms with Gasteiger partial charge in [0.25, 0.3) is 0 Å². The topological polar surface area (TPSA) is 29.3 Å². The second kappa shape index (κ2) is 5.55. The van der Waals surface area contributed by atoms with Crippen LogP contribution in [0.2, 0.25) is 0 Å². The molecule has 0 aromatic carbocycles. The Kier molecular flexibility index (Phi) is 4.38. The summed E-state index contributed by atoms with van der Waals surface area (Å²) in [6, 6.07) is 4.98. The van der Waals surface area contributed by atoms with Crippen molar-refractivity contribution in [2.24, 2.45) is 17.6 Å². The van der Waals surface area contributed by atoms with Gasteiger partial charge >= 0.3 is 0 Å². The van der Waals surface area contributed by atoms with E-state index in [1.54, 1.807) is 0 Å². The summed E-state index contributed by atoms with van der Waals surface area (Å²) in [5, 5.41) is 0. The highest BCUT2D eigenvalue weighted by Gasteiger charge is 2.32. The quantitative estimate of drug-likeness (QED) is 0.916. The van der Waals surface area contributed by atoms with E-state index in [2.05, 4.69) is 51.7 Å². The summed E-state index contributed by atoms with van der Waals surface area (Å²) in [5.74, 6) is 1.58. The van der Waals surface area contributed by atoms with E-state index in [0.29, 0.717) is 6.04 Å². The third-order valence-corrected chi connectivity index (χ3v) is 5.99. The Morgan fingerprint density at radius 1 is 1.26 bits per heavy atom. The van der Waals surface area contributed by atoms with Gasteiger partial charge in [-0.2, -0.15) is 0 Å². The first kappa shape index (κ1) is 15.0. The molecule has 19 heavy (non-hydrogen) atoms. The average Bonchev–Trinajstić information content (AvgIpc) is 2.88. The Morgan fingerprint density at radius 2 is 1.84 bits per heavy atom. The summed E-state index contributed by atoms with van der Waals surface area (Å²) in [4.78, 5) is 5.48. The van der Waals surface area contributed by atoms with E-state index in [0.717, 1.165) is 18.4 Å². The van der Waals surface area contributed by atoms with Gasteiger partial charge in [0.15, 0.2) is 0 Å². The number of hydrogen-bond acceptors (Lipinski definition) is 3. The number of rotatable bonds is 3. The van der Waals surface area contributed by atoms with Crippen LogP contribution in [-0.4, -0.2) is 24.5 Å². The van der Waals surface area contributed by atoms with Crippen molar-refractivity contribution in [2.45, 2.75) is 46.1 Å². The lowest BCUT2D eigenvalue weighted by molar-refractivity contribution is 0.243. The molecule has 1 aromatic rings. The van der Waals surface area contributed by atoms with Crippen molar-refractivity contribution in [3.8, 4) is 0 Å². The summed E-state index contributed by atoms with van der Waals surface area (Å²) in [6.07, 6.45) is 0. The minimum absolute atomic E-state index is 0.244. The Bertz CT molecular complexity index is 409. The van der Waals surface area contributed by atoms with Crippen LogP contribution in [-0.2, 0) is 5.41 Å². The fourth-order valence-corrected chi connectivity index (χ4v) is 4.02. The fraction of sp³-hybridized carbons (Fsp3) is 0.750. The van der Waals surface area contributed by atoms with E-state index in [-0.39, 0.29) is 5.41 Å². The van der Waals surface area contributed by atoms with Crippen molar-refractivity contribution in [2.75, 3.05) is 19.6 Å². The molecule has 2 heterocycles. The van der Waals surface area contributed by atoms with E-state index in [4.69, 9.17) is 5.73 Å². The molecule has 2 rings (SSSR count). The van der Waals surface area contributed by atoms with Crippen LogP contribution in [0.3, 0.4) is 0 Å². The molecule has 3 atom stereocenters. The zero-order chi connectivity index (χ0) is 14.2. The van der Waals surface area contributed by atoms with Gasteiger partial charge < -0.3 is 5.73 Å². The molecule has 1 aliphatic rings. The molecule has 2 nitrogen and oxygen atoms in total. The molecule has 0 amide bonds. The molecule has 0 spiro atoms. The Labute approximate surface area is 122 Å². The predicted molar refractivity (Wildman–Crippen MR) is 84.7 cm³/mol. The van der Waals surface area contributed by atoms with Crippen LogP contribution >= 0.6 is 11.3 Å². The van der Waals surface area contributed by atoms with Crippen LogP contribution in [0.15, 0.2) is 12.1 Å². The lowest BCUT2D eigenvalue weighted by atomic mass is 9.95. The van der Waals surface area contributed by atoms with Crippen molar-refractivity contribution < 1.29 is 0 Å². The fourth-order valence-electron chi connectivity index (χ4n) is 2.81.